The Kier molecular flexibility index (Phi) is 5.76. The zero-order valence-electron chi connectivity index (χ0n) is 12.0. The Morgan fingerprint density at radius 3 is 2.58 bits per heavy atom. The molecule has 1 rings (SSSR count). The maximum absolute atomic E-state index is 11.1. The molecule has 0 spiro atoms. The number of methoxy groups -OCH3 is 1. The lowest BCUT2D eigenvalue weighted by molar-refractivity contribution is -0.385. The van der Waals surface area contributed by atoms with Crippen molar-refractivity contribution in [1.29, 1.82) is 0 Å². The van der Waals surface area contributed by atoms with Gasteiger partial charge in [-0.25, -0.2) is 0 Å². The molecule has 5 heteroatoms. The number of likely N-dealkylation sites (N-methyl/N-ethyl adjacent to an activating group) is 1. The lowest BCUT2D eigenvalue weighted by Gasteiger charge is -2.24. The molecular formula is C14H22N2O3. The summed E-state index contributed by atoms with van der Waals surface area (Å²) in [5.74, 6) is 0.708. The molecule has 2 atom stereocenters. The third kappa shape index (κ3) is 3.67. The topological polar surface area (TPSA) is 64.4 Å². The van der Waals surface area contributed by atoms with E-state index in [1.54, 1.807) is 19.2 Å². The first-order valence-electron chi connectivity index (χ1n) is 6.60. The third-order valence-corrected chi connectivity index (χ3v) is 3.43. The van der Waals surface area contributed by atoms with Gasteiger partial charge in [0.15, 0.2) is 0 Å². The number of nitro groups is 1. The number of nitrogens with zero attached hydrogens (tertiary/aromatic N) is 1. The SMILES string of the molecule is CCNC(CC)C(C)c1cc(OC)ccc1[N+](=O)[O-]. The molecule has 0 bridgehead atoms. The van der Waals surface area contributed by atoms with E-state index < -0.39 is 0 Å². The van der Waals surface area contributed by atoms with Gasteiger partial charge >= 0.3 is 0 Å². The largest absolute Gasteiger partial charge is 0.497 e. The lowest BCUT2D eigenvalue weighted by atomic mass is 9.90. The van der Waals surface area contributed by atoms with Crippen molar-refractivity contribution in [3.05, 3.63) is 33.9 Å². The van der Waals surface area contributed by atoms with Crippen LogP contribution < -0.4 is 10.1 Å². The number of rotatable bonds is 7. The molecule has 5 nitrogen and oxygen atoms in total. The van der Waals surface area contributed by atoms with Crippen LogP contribution in [-0.2, 0) is 0 Å². The van der Waals surface area contributed by atoms with Gasteiger partial charge in [0.1, 0.15) is 5.75 Å². The predicted molar refractivity (Wildman–Crippen MR) is 75.8 cm³/mol. The highest BCUT2D eigenvalue weighted by Crippen LogP contribution is 2.32. The Balaban J connectivity index is 3.17. The first-order chi connectivity index (χ1) is 9.04. The second-order valence-corrected chi connectivity index (χ2v) is 4.54. The maximum Gasteiger partial charge on any atom is 0.273 e. The first kappa shape index (κ1) is 15.4. The number of benzene rings is 1. The molecule has 0 aliphatic heterocycles. The van der Waals surface area contributed by atoms with E-state index in [2.05, 4.69) is 12.2 Å². The van der Waals surface area contributed by atoms with Crippen LogP contribution in [0.5, 0.6) is 5.75 Å². The van der Waals surface area contributed by atoms with E-state index in [0.29, 0.717) is 5.75 Å². The first-order valence-corrected chi connectivity index (χ1v) is 6.60. The standard InChI is InChI=1S/C14H22N2O3/c1-5-13(15-6-2)10(3)12-9-11(19-4)7-8-14(12)16(17)18/h7-10,13,15H,5-6H2,1-4H3. The van der Waals surface area contributed by atoms with Crippen LogP contribution in [0.3, 0.4) is 0 Å². The van der Waals surface area contributed by atoms with Crippen LogP contribution in [-0.4, -0.2) is 24.6 Å². The zero-order chi connectivity index (χ0) is 14.4. The molecule has 0 amide bonds. The summed E-state index contributed by atoms with van der Waals surface area (Å²) in [6, 6.07) is 5.13. The fraction of sp³-hybridized carbons (Fsp3) is 0.571. The quantitative estimate of drug-likeness (QED) is 0.608. The molecule has 106 valence electrons. The molecule has 0 saturated heterocycles. The molecule has 2 unspecified atom stereocenters. The van der Waals surface area contributed by atoms with E-state index in [-0.39, 0.29) is 22.6 Å². The van der Waals surface area contributed by atoms with Gasteiger partial charge in [0, 0.05) is 23.6 Å². The summed E-state index contributed by atoms with van der Waals surface area (Å²) in [6.45, 7) is 6.98. The molecule has 0 fully saturated rings. The zero-order valence-corrected chi connectivity index (χ0v) is 12.0. The molecule has 1 N–H and O–H groups in total. The Bertz CT molecular complexity index is 435. The summed E-state index contributed by atoms with van der Waals surface area (Å²) < 4.78 is 5.17. The van der Waals surface area contributed by atoms with Gasteiger partial charge in [-0.05, 0) is 25.1 Å². The summed E-state index contributed by atoms with van der Waals surface area (Å²) in [7, 11) is 1.57. The Morgan fingerprint density at radius 2 is 2.11 bits per heavy atom. The van der Waals surface area contributed by atoms with Crippen molar-refractivity contribution in [1.82, 2.24) is 5.32 Å². The number of hydrogen-bond acceptors (Lipinski definition) is 4. The minimum atomic E-state index is -0.329. The van der Waals surface area contributed by atoms with Gasteiger partial charge in [0.25, 0.3) is 5.69 Å². The molecule has 1 aromatic carbocycles. The highest BCUT2D eigenvalue weighted by Gasteiger charge is 2.24. The second-order valence-electron chi connectivity index (χ2n) is 4.54. The van der Waals surface area contributed by atoms with Crippen molar-refractivity contribution < 1.29 is 9.66 Å². The van der Waals surface area contributed by atoms with Crippen molar-refractivity contribution in [2.24, 2.45) is 0 Å². The summed E-state index contributed by atoms with van der Waals surface area (Å²) in [4.78, 5) is 10.8. The van der Waals surface area contributed by atoms with Crippen LogP contribution in [0.15, 0.2) is 18.2 Å². The number of ether oxygens (including phenoxy) is 1. The molecule has 0 aliphatic rings. The lowest BCUT2D eigenvalue weighted by Crippen LogP contribution is -2.33. The van der Waals surface area contributed by atoms with E-state index in [9.17, 15) is 10.1 Å². The number of hydrogen-bond donors (Lipinski definition) is 1. The molecule has 0 heterocycles. The van der Waals surface area contributed by atoms with Crippen LogP contribution >= 0.6 is 0 Å². The van der Waals surface area contributed by atoms with Crippen LogP contribution in [0.1, 0.15) is 38.7 Å². The molecule has 0 aromatic heterocycles. The predicted octanol–water partition coefficient (Wildman–Crippen LogP) is 3.10. The van der Waals surface area contributed by atoms with E-state index >= 15 is 0 Å². The normalized spacial score (nSPS) is 13.9. The summed E-state index contributed by atoms with van der Waals surface area (Å²) in [5.41, 5.74) is 0.877. The molecule has 0 aliphatic carbocycles. The molecule has 1 aromatic rings. The van der Waals surface area contributed by atoms with Crippen LogP contribution in [0, 0.1) is 10.1 Å². The van der Waals surface area contributed by atoms with Gasteiger partial charge in [-0.15, -0.1) is 0 Å². The van der Waals surface area contributed by atoms with Crippen LogP contribution in [0.25, 0.3) is 0 Å². The van der Waals surface area contributed by atoms with E-state index in [4.69, 9.17) is 4.74 Å². The second kappa shape index (κ2) is 7.09. The fourth-order valence-electron chi connectivity index (χ4n) is 2.34. The Morgan fingerprint density at radius 1 is 1.42 bits per heavy atom. The van der Waals surface area contributed by atoms with Crippen molar-refractivity contribution in [2.45, 2.75) is 39.2 Å². The third-order valence-electron chi connectivity index (χ3n) is 3.43. The van der Waals surface area contributed by atoms with Crippen LogP contribution in [0.2, 0.25) is 0 Å². The molecular weight excluding hydrogens is 244 g/mol. The monoisotopic (exact) mass is 266 g/mol. The van der Waals surface area contributed by atoms with Crippen LogP contribution in [0.4, 0.5) is 5.69 Å². The van der Waals surface area contributed by atoms with Gasteiger partial charge in [-0.1, -0.05) is 20.8 Å². The van der Waals surface area contributed by atoms with E-state index in [1.807, 2.05) is 13.8 Å². The molecule has 19 heavy (non-hydrogen) atoms. The van der Waals surface area contributed by atoms with Crippen molar-refractivity contribution in [2.75, 3.05) is 13.7 Å². The van der Waals surface area contributed by atoms with Gasteiger partial charge in [0.2, 0.25) is 0 Å². The highest BCUT2D eigenvalue weighted by molar-refractivity contribution is 5.47. The van der Waals surface area contributed by atoms with Gasteiger partial charge < -0.3 is 10.1 Å². The van der Waals surface area contributed by atoms with E-state index in [1.165, 1.54) is 6.07 Å². The van der Waals surface area contributed by atoms with Crippen molar-refractivity contribution >= 4 is 5.69 Å². The minimum Gasteiger partial charge on any atom is -0.497 e. The van der Waals surface area contributed by atoms with Gasteiger partial charge in [-0.3, -0.25) is 10.1 Å². The summed E-state index contributed by atoms with van der Waals surface area (Å²) in [6.07, 6.45) is 0.920. The molecule has 0 radical (unpaired) electrons. The highest BCUT2D eigenvalue weighted by atomic mass is 16.6. The van der Waals surface area contributed by atoms with E-state index in [0.717, 1.165) is 18.5 Å². The molecule has 0 saturated carbocycles. The fourth-order valence-corrected chi connectivity index (χ4v) is 2.34. The minimum absolute atomic E-state index is 0.0560. The van der Waals surface area contributed by atoms with Gasteiger partial charge in [0.05, 0.1) is 12.0 Å². The number of nitro benzene ring substituents is 1. The Hall–Kier alpha value is -1.62. The average molecular weight is 266 g/mol. The average Bonchev–Trinajstić information content (AvgIpc) is 2.43. The summed E-state index contributed by atoms with van der Waals surface area (Å²) in [5, 5.41) is 14.5. The van der Waals surface area contributed by atoms with Crippen molar-refractivity contribution in [3.63, 3.8) is 0 Å². The Labute approximate surface area is 114 Å². The summed E-state index contributed by atoms with van der Waals surface area (Å²) >= 11 is 0. The van der Waals surface area contributed by atoms with Gasteiger partial charge in [-0.2, -0.15) is 0 Å². The smallest absolute Gasteiger partial charge is 0.273 e. The van der Waals surface area contributed by atoms with Crippen molar-refractivity contribution in [3.8, 4) is 5.75 Å². The number of nitrogens with one attached hydrogen (secondary N) is 1. The maximum atomic E-state index is 11.1.